The number of hydrogen-bond donors (Lipinski definition) is 3. The standard InChI is InChI=1S/C22H29N7O6S2/c1-4-14(10-19(21(23)34-2)28-36(3,30)31)15-9-16(17-12-24-25-18(17)11-15)22-27-26-20(35-22)13-29-5-7-37(32,33)8-6-29/h4,9-12,17-18,25,28H,1,5-8,13,23H2,2-3H3/b14-10+,21-19-. The van der Waals surface area contributed by atoms with Crippen molar-refractivity contribution in [3.8, 4) is 0 Å². The van der Waals surface area contributed by atoms with Crippen LogP contribution in [0.4, 0.5) is 0 Å². The minimum atomic E-state index is -3.63. The van der Waals surface area contributed by atoms with Gasteiger partial charge in [-0.05, 0) is 23.3 Å². The molecule has 3 heterocycles. The van der Waals surface area contributed by atoms with Gasteiger partial charge < -0.3 is 20.3 Å². The molecule has 1 aromatic heterocycles. The number of rotatable bonds is 9. The molecule has 200 valence electrons. The Labute approximate surface area is 215 Å². The van der Waals surface area contributed by atoms with E-state index in [4.69, 9.17) is 14.9 Å². The number of aromatic nitrogens is 2. The van der Waals surface area contributed by atoms with Gasteiger partial charge in [0.1, 0.15) is 5.70 Å². The molecule has 2 unspecified atom stereocenters. The molecule has 1 aliphatic carbocycles. The maximum Gasteiger partial charge on any atom is 0.244 e. The molecule has 0 radical (unpaired) electrons. The van der Waals surface area contributed by atoms with E-state index in [-0.39, 0.29) is 35.0 Å². The second-order valence-electron chi connectivity index (χ2n) is 8.77. The summed E-state index contributed by atoms with van der Waals surface area (Å²) < 4.78 is 60.4. The number of sulfonamides is 1. The highest BCUT2D eigenvalue weighted by molar-refractivity contribution is 7.91. The average Bonchev–Trinajstić information content (AvgIpc) is 3.50. The summed E-state index contributed by atoms with van der Waals surface area (Å²) in [6.45, 7) is 5.03. The van der Waals surface area contributed by atoms with E-state index in [9.17, 15) is 16.8 Å². The Balaban J connectivity index is 1.63. The third kappa shape index (κ3) is 6.47. The number of nitrogens with one attached hydrogen (secondary N) is 2. The molecule has 13 nitrogen and oxygen atoms in total. The summed E-state index contributed by atoms with van der Waals surface area (Å²) in [5.74, 6) is 0.609. The summed E-state index contributed by atoms with van der Waals surface area (Å²) in [5.41, 5.74) is 10.9. The SMILES string of the molecule is C=C/C(=C\C(NS(C)(=O)=O)=C(/N)OC)C1=CC2NN=CC2C(c2nnc(CN3CCS(=O)(=O)CC3)o2)=C1. The van der Waals surface area contributed by atoms with E-state index in [0.29, 0.717) is 48.1 Å². The number of nitrogens with two attached hydrogens (primary N) is 1. The number of allylic oxidation sites excluding steroid dienone is 5. The summed E-state index contributed by atoms with van der Waals surface area (Å²) in [6.07, 6.45) is 9.62. The Morgan fingerprint density at radius 3 is 2.76 bits per heavy atom. The number of nitrogens with zero attached hydrogens (tertiary/aromatic N) is 4. The zero-order valence-electron chi connectivity index (χ0n) is 20.4. The van der Waals surface area contributed by atoms with Crippen molar-refractivity contribution in [2.75, 3.05) is 38.0 Å². The number of hydrazone groups is 1. The molecule has 0 saturated carbocycles. The van der Waals surface area contributed by atoms with Crippen LogP contribution in [-0.4, -0.2) is 82.2 Å². The lowest BCUT2D eigenvalue weighted by molar-refractivity contribution is 0.256. The van der Waals surface area contributed by atoms with E-state index < -0.39 is 19.9 Å². The van der Waals surface area contributed by atoms with Gasteiger partial charge in [0.05, 0.1) is 43.4 Å². The van der Waals surface area contributed by atoms with Crippen molar-refractivity contribution in [1.82, 2.24) is 25.2 Å². The Morgan fingerprint density at radius 2 is 2.11 bits per heavy atom. The highest BCUT2D eigenvalue weighted by atomic mass is 32.2. The molecule has 4 N–H and O–H groups in total. The first-order valence-electron chi connectivity index (χ1n) is 11.3. The summed E-state index contributed by atoms with van der Waals surface area (Å²) in [7, 11) is -5.29. The van der Waals surface area contributed by atoms with Crippen molar-refractivity contribution < 1.29 is 26.0 Å². The normalized spacial score (nSPS) is 24.3. The minimum absolute atomic E-state index is 0.0529. The third-order valence-electron chi connectivity index (χ3n) is 6.02. The summed E-state index contributed by atoms with van der Waals surface area (Å²) >= 11 is 0. The molecule has 15 heteroatoms. The predicted molar refractivity (Wildman–Crippen MR) is 138 cm³/mol. The van der Waals surface area contributed by atoms with Crippen molar-refractivity contribution >= 4 is 31.6 Å². The molecule has 0 aromatic carbocycles. The fourth-order valence-electron chi connectivity index (χ4n) is 4.10. The van der Waals surface area contributed by atoms with Gasteiger partial charge >= 0.3 is 0 Å². The lowest BCUT2D eigenvalue weighted by Crippen LogP contribution is -2.39. The molecule has 0 spiro atoms. The first kappa shape index (κ1) is 26.6. The van der Waals surface area contributed by atoms with Crippen LogP contribution in [0.1, 0.15) is 11.8 Å². The molecule has 0 amide bonds. The maximum absolute atomic E-state index is 11.8. The van der Waals surface area contributed by atoms with Crippen LogP contribution in [0.3, 0.4) is 0 Å². The first-order valence-corrected chi connectivity index (χ1v) is 15.0. The zero-order valence-corrected chi connectivity index (χ0v) is 22.0. The van der Waals surface area contributed by atoms with Crippen LogP contribution in [0.15, 0.2) is 63.1 Å². The van der Waals surface area contributed by atoms with Crippen molar-refractivity contribution in [2.24, 2.45) is 16.8 Å². The van der Waals surface area contributed by atoms with Gasteiger partial charge in [0, 0.05) is 24.9 Å². The van der Waals surface area contributed by atoms with Gasteiger partial charge in [-0.2, -0.15) is 5.10 Å². The lowest BCUT2D eigenvalue weighted by Gasteiger charge is -2.25. The molecule has 3 aliphatic rings. The molecule has 2 atom stereocenters. The highest BCUT2D eigenvalue weighted by Gasteiger charge is 2.34. The first-order chi connectivity index (χ1) is 17.5. The quantitative estimate of drug-likeness (QED) is 0.269. The van der Waals surface area contributed by atoms with E-state index >= 15 is 0 Å². The molecular formula is C22H29N7O6S2. The Kier molecular flexibility index (Phi) is 7.57. The Bertz CT molecular complexity index is 1420. The molecule has 2 aliphatic heterocycles. The number of fused-ring (bicyclic) bond motifs is 1. The molecule has 1 aromatic rings. The predicted octanol–water partition coefficient (Wildman–Crippen LogP) is -0.367. The highest BCUT2D eigenvalue weighted by Crippen LogP contribution is 2.35. The van der Waals surface area contributed by atoms with Crippen molar-refractivity contribution in [1.29, 1.82) is 0 Å². The van der Waals surface area contributed by atoms with E-state index in [0.717, 1.165) is 6.26 Å². The van der Waals surface area contributed by atoms with Gasteiger partial charge in [0.15, 0.2) is 9.84 Å². The van der Waals surface area contributed by atoms with Crippen LogP contribution in [0.5, 0.6) is 0 Å². The van der Waals surface area contributed by atoms with Crippen LogP contribution in [-0.2, 0) is 31.1 Å². The van der Waals surface area contributed by atoms with E-state index in [1.165, 1.54) is 13.2 Å². The molecule has 4 rings (SSSR count). The van der Waals surface area contributed by atoms with Crippen LogP contribution in [0.25, 0.3) is 5.57 Å². The lowest BCUT2D eigenvalue weighted by atomic mass is 9.83. The number of methoxy groups -OCH3 is 1. The summed E-state index contributed by atoms with van der Waals surface area (Å²) in [5, 5.41) is 12.6. The van der Waals surface area contributed by atoms with E-state index in [2.05, 4.69) is 32.0 Å². The fraction of sp³-hybridized carbons (Fsp3) is 0.409. The van der Waals surface area contributed by atoms with Gasteiger partial charge in [0.2, 0.25) is 27.7 Å². The summed E-state index contributed by atoms with van der Waals surface area (Å²) in [6, 6.07) is -0.212. The fourth-order valence-corrected chi connectivity index (χ4v) is 5.93. The van der Waals surface area contributed by atoms with E-state index in [1.807, 2.05) is 17.1 Å². The second-order valence-corrected chi connectivity index (χ2v) is 12.8. The van der Waals surface area contributed by atoms with Gasteiger partial charge in [0.25, 0.3) is 0 Å². The number of ether oxygens (including phenoxy) is 1. The molecule has 1 fully saturated rings. The summed E-state index contributed by atoms with van der Waals surface area (Å²) in [4.78, 5) is 1.96. The molecule has 0 bridgehead atoms. The van der Waals surface area contributed by atoms with Gasteiger partial charge in [-0.1, -0.05) is 18.7 Å². The maximum atomic E-state index is 11.8. The van der Waals surface area contributed by atoms with Crippen LogP contribution < -0.4 is 15.9 Å². The topological polar surface area (TPSA) is 182 Å². The molecular weight excluding hydrogens is 522 g/mol. The smallest absolute Gasteiger partial charge is 0.244 e. The largest absolute Gasteiger partial charge is 0.481 e. The van der Waals surface area contributed by atoms with Gasteiger partial charge in [-0.25, -0.2) is 16.8 Å². The minimum Gasteiger partial charge on any atom is -0.481 e. The van der Waals surface area contributed by atoms with Gasteiger partial charge in [-0.3, -0.25) is 9.62 Å². The van der Waals surface area contributed by atoms with Crippen LogP contribution in [0.2, 0.25) is 0 Å². The average molecular weight is 552 g/mol. The van der Waals surface area contributed by atoms with Crippen LogP contribution >= 0.6 is 0 Å². The molecule has 37 heavy (non-hydrogen) atoms. The van der Waals surface area contributed by atoms with Crippen molar-refractivity contribution in [3.05, 3.63) is 65.4 Å². The van der Waals surface area contributed by atoms with Gasteiger partial charge in [-0.15, -0.1) is 10.2 Å². The van der Waals surface area contributed by atoms with Crippen LogP contribution in [0, 0.1) is 5.92 Å². The monoisotopic (exact) mass is 551 g/mol. The van der Waals surface area contributed by atoms with Crippen molar-refractivity contribution in [2.45, 2.75) is 12.6 Å². The number of hydrogen-bond acceptors (Lipinski definition) is 12. The molecule has 1 saturated heterocycles. The van der Waals surface area contributed by atoms with E-state index in [1.54, 1.807) is 12.3 Å². The zero-order chi connectivity index (χ0) is 26.8. The van der Waals surface area contributed by atoms with Crippen molar-refractivity contribution in [3.63, 3.8) is 0 Å². The number of sulfone groups is 1. The Hall–Kier alpha value is -3.43. The third-order valence-corrected chi connectivity index (χ3v) is 8.22. The Morgan fingerprint density at radius 1 is 1.38 bits per heavy atom. The second kappa shape index (κ2) is 10.5.